The number of hydrogen-bond acceptors (Lipinski definition) is 6. The number of carboxylic acid groups (broad SMARTS) is 2. The maximum absolute atomic E-state index is 11.3. The maximum Gasteiger partial charge on any atom is 0.339 e. The van der Waals surface area contributed by atoms with Gasteiger partial charge in [0.25, 0.3) is 0 Å². The predicted molar refractivity (Wildman–Crippen MR) is 132 cm³/mol. The lowest BCUT2D eigenvalue weighted by Crippen LogP contribution is -2.10. The van der Waals surface area contributed by atoms with Crippen molar-refractivity contribution in [1.82, 2.24) is 0 Å². The normalized spacial score (nSPS) is 10.9. The number of carboxylic acids is 2. The SMILES string of the molecule is Cc1ccc(N=Nc2ccc(OCCCCCCOc3c(C(=O)O)cccc3C(=O)O)cc2)cc1. The Kier molecular flexibility index (Phi) is 9.36. The van der Waals surface area contributed by atoms with Crippen LogP contribution in [0.1, 0.15) is 52.0 Å². The van der Waals surface area contributed by atoms with E-state index < -0.39 is 11.9 Å². The molecule has 0 amide bonds. The van der Waals surface area contributed by atoms with Crippen LogP contribution in [0.2, 0.25) is 0 Å². The Hall–Kier alpha value is -4.20. The highest BCUT2D eigenvalue weighted by Gasteiger charge is 2.19. The molecule has 0 radical (unpaired) electrons. The van der Waals surface area contributed by atoms with Gasteiger partial charge in [-0.3, -0.25) is 0 Å². The molecule has 0 fully saturated rings. The lowest BCUT2D eigenvalue weighted by atomic mass is 10.1. The van der Waals surface area contributed by atoms with Gasteiger partial charge in [-0.1, -0.05) is 23.8 Å². The summed E-state index contributed by atoms with van der Waals surface area (Å²) in [6, 6.07) is 19.3. The van der Waals surface area contributed by atoms with Gasteiger partial charge in [0.15, 0.2) is 0 Å². The third kappa shape index (κ3) is 7.96. The maximum atomic E-state index is 11.3. The second-order valence-electron chi connectivity index (χ2n) is 7.93. The van der Waals surface area contributed by atoms with Crippen molar-refractivity contribution in [2.24, 2.45) is 10.2 Å². The van der Waals surface area contributed by atoms with Crippen molar-refractivity contribution < 1.29 is 29.3 Å². The number of aromatic carboxylic acids is 2. The minimum absolute atomic E-state index is 0.0994. The second kappa shape index (κ2) is 12.9. The Morgan fingerprint density at radius 3 is 1.69 bits per heavy atom. The fraction of sp³-hybridized carbons (Fsp3) is 0.259. The Morgan fingerprint density at radius 2 is 1.17 bits per heavy atom. The van der Waals surface area contributed by atoms with Crippen LogP contribution in [0.25, 0.3) is 0 Å². The monoisotopic (exact) mass is 476 g/mol. The molecular formula is C27H28N2O6. The fourth-order valence-corrected chi connectivity index (χ4v) is 3.29. The summed E-state index contributed by atoms with van der Waals surface area (Å²) in [7, 11) is 0. The third-order valence-corrected chi connectivity index (χ3v) is 5.18. The summed E-state index contributed by atoms with van der Waals surface area (Å²) in [6.45, 7) is 2.83. The van der Waals surface area contributed by atoms with Gasteiger partial charge in [0.2, 0.25) is 0 Å². The van der Waals surface area contributed by atoms with Gasteiger partial charge in [-0.05, 0) is 81.1 Å². The van der Waals surface area contributed by atoms with E-state index in [-0.39, 0.29) is 23.5 Å². The molecule has 8 heteroatoms. The summed E-state index contributed by atoms with van der Waals surface area (Å²) in [5.41, 5.74) is 2.42. The van der Waals surface area contributed by atoms with Crippen LogP contribution in [-0.2, 0) is 0 Å². The van der Waals surface area contributed by atoms with E-state index in [4.69, 9.17) is 9.47 Å². The highest BCUT2D eigenvalue weighted by atomic mass is 16.5. The van der Waals surface area contributed by atoms with Crippen molar-refractivity contribution in [2.75, 3.05) is 13.2 Å². The van der Waals surface area contributed by atoms with Crippen molar-refractivity contribution in [3.8, 4) is 11.5 Å². The van der Waals surface area contributed by atoms with Crippen LogP contribution in [0.5, 0.6) is 11.5 Å². The van der Waals surface area contributed by atoms with Crippen LogP contribution >= 0.6 is 0 Å². The first kappa shape index (κ1) is 25.4. The average Bonchev–Trinajstić information content (AvgIpc) is 2.85. The van der Waals surface area contributed by atoms with Crippen LogP contribution in [0.15, 0.2) is 77.0 Å². The molecule has 0 bridgehead atoms. The summed E-state index contributed by atoms with van der Waals surface area (Å²) < 4.78 is 11.3. The fourth-order valence-electron chi connectivity index (χ4n) is 3.29. The number of hydrogen-bond donors (Lipinski definition) is 2. The quantitative estimate of drug-likeness (QED) is 0.206. The third-order valence-electron chi connectivity index (χ3n) is 5.18. The van der Waals surface area contributed by atoms with Gasteiger partial charge in [-0.15, -0.1) is 0 Å². The molecule has 8 nitrogen and oxygen atoms in total. The molecule has 0 atom stereocenters. The Labute approximate surface area is 203 Å². The van der Waals surface area contributed by atoms with Crippen LogP contribution in [0.3, 0.4) is 0 Å². The van der Waals surface area contributed by atoms with Gasteiger partial charge in [-0.2, -0.15) is 10.2 Å². The number of benzene rings is 3. The molecule has 0 aromatic heterocycles. The number of ether oxygens (including phenoxy) is 2. The van der Waals surface area contributed by atoms with Gasteiger partial charge >= 0.3 is 11.9 Å². The minimum Gasteiger partial charge on any atom is -0.494 e. The number of rotatable bonds is 13. The topological polar surface area (TPSA) is 118 Å². The molecule has 0 aliphatic rings. The zero-order valence-electron chi connectivity index (χ0n) is 19.5. The molecule has 182 valence electrons. The summed E-state index contributed by atoms with van der Waals surface area (Å²) in [5.74, 6) is -1.78. The van der Waals surface area contributed by atoms with Crippen LogP contribution in [0, 0.1) is 6.92 Å². The molecule has 3 aromatic rings. The number of nitrogens with zero attached hydrogens (tertiary/aromatic N) is 2. The molecule has 35 heavy (non-hydrogen) atoms. The van der Waals surface area contributed by atoms with Gasteiger partial charge in [-0.25, -0.2) is 9.59 Å². The summed E-state index contributed by atoms with van der Waals surface area (Å²) in [4.78, 5) is 22.7. The molecule has 0 saturated heterocycles. The van der Waals surface area contributed by atoms with E-state index in [0.717, 1.165) is 36.4 Å². The largest absolute Gasteiger partial charge is 0.494 e. The van der Waals surface area contributed by atoms with Crippen molar-refractivity contribution >= 4 is 23.3 Å². The lowest BCUT2D eigenvalue weighted by molar-refractivity contribution is 0.0688. The Morgan fingerprint density at radius 1 is 0.686 bits per heavy atom. The van der Waals surface area contributed by atoms with E-state index in [1.54, 1.807) is 0 Å². The van der Waals surface area contributed by atoms with Gasteiger partial charge in [0.05, 0.1) is 24.6 Å². The second-order valence-corrected chi connectivity index (χ2v) is 7.93. The molecular weight excluding hydrogens is 448 g/mol. The molecule has 3 aromatic carbocycles. The number of aryl methyl sites for hydroxylation is 1. The summed E-state index contributed by atoms with van der Waals surface area (Å²) in [6.07, 6.45) is 3.27. The van der Waals surface area contributed by atoms with E-state index >= 15 is 0 Å². The zero-order chi connectivity index (χ0) is 25.0. The van der Waals surface area contributed by atoms with Crippen LogP contribution in [-0.4, -0.2) is 35.4 Å². The van der Waals surface area contributed by atoms with Gasteiger partial charge in [0.1, 0.15) is 22.6 Å². The van der Waals surface area contributed by atoms with Crippen molar-refractivity contribution in [1.29, 1.82) is 0 Å². The van der Waals surface area contributed by atoms with Gasteiger partial charge < -0.3 is 19.7 Å². The molecule has 0 unspecified atom stereocenters. The molecule has 3 rings (SSSR count). The summed E-state index contributed by atoms with van der Waals surface area (Å²) >= 11 is 0. The van der Waals surface area contributed by atoms with Crippen molar-refractivity contribution in [3.05, 3.63) is 83.4 Å². The number of carbonyl (C=O) groups is 2. The molecule has 0 aliphatic carbocycles. The average molecular weight is 477 g/mol. The zero-order valence-corrected chi connectivity index (χ0v) is 19.5. The van der Waals surface area contributed by atoms with Crippen molar-refractivity contribution in [3.63, 3.8) is 0 Å². The van der Waals surface area contributed by atoms with Gasteiger partial charge in [0, 0.05) is 0 Å². The number of azo groups is 1. The summed E-state index contributed by atoms with van der Waals surface area (Å²) in [5, 5.41) is 27.0. The first-order valence-electron chi connectivity index (χ1n) is 11.4. The minimum atomic E-state index is -1.22. The molecule has 0 spiro atoms. The van der Waals surface area contributed by atoms with E-state index in [1.165, 1.54) is 23.8 Å². The smallest absolute Gasteiger partial charge is 0.339 e. The molecule has 0 saturated carbocycles. The van der Waals surface area contributed by atoms with E-state index in [1.807, 2.05) is 55.5 Å². The number of para-hydroxylation sites is 1. The lowest BCUT2D eigenvalue weighted by Gasteiger charge is -2.12. The predicted octanol–water partition coefficient (Wildman–Crippen LogP) is 6.83. The molecule has 2 N–H and O–H groups in total. The van der Waals surface area contributed by atoms with Crippen LogP contribution < -0.4 is 9.47 Å². The van der Waals surface area contributed by atoms with Crippen molar-refractivity contribution in [2.45, 2.75) is 32.6 Å². The first-order chi connectivity index (χ1) is 16.9. The highest BCUT2D eigenvalue weighted by molar-refractivity contribution is 5.98. The Bertz CT molecular complexity index is 1130. The highest BCUT2D eigenvalue weighted by Crippen LogP contribution is 2.25. The van der Waals surface area contributed by atoms with E-state index in [2.05, 4.69) is 10.2 Å². The standard InChI is InChI=1S/C27H28N2O6/c1-19-9-11-20(12-10-19)28-29-21-13-15-22(16-14-21)34-17-4-2-3-5-18-35-25-23(26(30)31)7-6-8-24(25)27(32)33/h6-16H,2-5,17-18H2,1H3,(H,30,31)(H,32,33). The van der Waals surface area contributed by atoms with E-state index in [0.29, 0.717) is 13.0 Å². The van der Waals surface area contributed by atoms with E-state index in [9.17, 15) is 19.8 Å². The Balaban J connectivity index is 1.34. The molecule has 0 heterocycles. The number of unbranched alkanes of at least 4 members (excludes halogenated alkanes) is 3. The molecule has 0 aliphatic heterocycles. The van der Waals surface area contributed by atoms with Crippen LogP contribution in [0.4, 0.5) is 11.4 Å². The first-order valence-corrected chi connectivity index (χ1v) is 11.4.